The van der Waals surface area contributed by atoms with Gasteiger partial charge in [-0.15, -0.1) is 0 Å². The maximum absolute atomic E-state index is 13.6. The minimum absolute atomic E-state index is 0.0283. The van der Waals surface area contributed by atoms with E-state index in [0.717, 1.165) is 16.7 Å². The van der Waals surface area contributed by atoms with Crippen LogP contribution in [-0.2, 0) is 7.05 Å². The van der Waals surface area contributed by atoms with E-state index in [1.165, 1.54) is 22.2 Å². The average molecular weight is 380 g/mol. The van der Waals surface area contributed by atoms with Crippen molar-refractivity contribution in [2.45, 2.75) is 25.9 Å². The van der Waals surface area contributed by atoms with Gasteiger partial charge in [0.05, 0.1) is 12.1 Å². The molecule has 1 aromatic heterocycles. The SMILES string of the molecule is Cc1c([C@@H]2c3ccccc3C(=O)N2[C@@H](C)c2ccccc2)c2ccccc2n1C. The number of hydrogen-bond donors (Lipinski definition) is 0. The fourth-order valence-electron chi connectivity index (χ4n) is 4.82. The zero-order valence-corrected chi connectivity index (χ0v) is 17.0. The Labute approximate surface area is 171 Å². The van der Waals surface area contributed by atoms with Crippen molar-refractivity contribution in [3.63, 3.8) is 0 Å². The summed E-state index contributed by atoms with van der Waals surface area (Å²) in [6.45, 7) is 4.29. The molecule has 0 spiro atoms. The maximum Gasteiger partial charge on any atom is 0.255 e. The Bertz CT molecular complexity index is 1220. The minimum atomic E-state index is -0.0972. The molecule has 3 aromatic carbocycles. The van der Waals surface area contributed by atoms with Crippen LogP contribution in [0.5, 0.6) is 0 Å². The zero-order valence-electron chi connectivity index (χ0n) is 17.0. The van der Waals surface area contributed by atoms with E-state index in [0.29, 0.717) is 0 Å². The normalized spacial score (nSPS) is 17.0. The van der Waals surface area contributed by atoms with Crippen LogP contribution < -0.4 is 0 Å². The van der Waals surface area contributed by atoms with E-state index >= 15 is 0 Å². The predicted molar refractivity (Wildman–Crippen MR) is 117 cm³/mol. The third kappa shape index (κ3) is 2.54. The smallest absolute Gasteiger partial charge is 0.255 e. The first-order valence-corrected chi connectivity index (χ1v) is 10.1. The highest BCUT2D eigenvalue weighted by Gasteiger charge is 2.42. The van der Waals surface area contributed by atoms with Crippen LogP contribution in [0.25, 0.3) is 10.9 Å². The molecular formula is C26H24N2O. The highest BCUT2D eigenvalue weighted by Crippen LogP contribution is 2.46. The zero-order chi connectivity index (χ0) is 20.1. The molecule has 4 aromatic rings. The summed E-state index contributed by atoms with van der Waals surface area (Å²) in [4.78, 5) is 15.6. The summed E-state index contributed by atoms with van der Waals surface area (Å²) in [5.74, 6) is 0.106. The van der Waals surface area contributed by atoms with Gasteiger partial charge in [-0.3, -0.25) is 4.79 Å². The molecule has 2 atom stereocenters. The van der Waals surface area contributed by atoms with Crippen molar-refractivity contribution in [2.24, 2.45) is 7.05 Å². The fourth-order valence-corrected chi connectivity index (χ4v) is 4.82. The van der Waals surface area contributed by atoms with Gasteiger partial charge in [-0.2, -0.15) is 0 Å². The monoisotopic (exact) mass is 380 g/mol. The molecule has 1 aliphatic rings. The van der Waals surface area contributed by atoms with E-state index < -0.39 is 0 Å². The second-order valence-electron chi connectivity index (χ2n) is 7.86. The van der Waals surface area contributed by atoms with Gasteiger partial charge in [0, 0.05) is 34.8 Å². The van der Waals surface area contributed by atoms with Crippen molar-refractivity contribution in [1.82, 2.24) is 9.47 Å². The highest BCUT2D eigenvalue weighted by atomic mass is 16.2. The number of benzene rings is 3. The number of carbonyl (C=O) groups is 1. The second kappa shape index (κ2) is 6.63. The van der Waals surface area contributed by atoms with Gasteiger partial charge in [0.25, 0.3) is 5.91 Å². The summed E-state index contributed by atoms with van der Waals surface area (Å²) in [7, 11) is 2.11. The number of hydrogen-bond acceptors (Lipinski definition) is 1. The van der Waals surface area contributed by atoms with Crippen molar-refractivity contribution in [3.05, 3.63) is 107 Å². The van der Waals surface area contributed by atoms with Crippen LogP contribution >= 0.6 is 0 Å². The average Bonchev–Trinajstić information content (AvgIpc) is 3.19. The van der Waals surface area contributed by atoms with E-state index in [-0.39, 0.29) is 18.0 Å². The quantitative estimate of drug-likeness (QED) is 0.441. The lowest BCUT2D eigenvalue weighted by atomic mass is 9.94. The van der Waals surface area contributed by atoms with Crippen molar-refractivity contribution in [1.29, 1.82) is 0 Å². The van der Waals surface area contributed by atoms with Crippen molar-refractivity contribution < 1.29 is 4.79 Å². The Morgan fingerprint density at radius 1 is 0.862 bits per heavy atom. The van der Waals surface area contributed by atoms with Crippen LogP contribution in [0.2, 0.25) is 0 Å². The summed E-state index contributed by atoms with van der Waals surface area (Å²) >= 11 is 0. The van der Waals surface area contributed by atoms with Gasteiger partial charge in [-0.1, -0.05) is 66.7 Å². The van der Waals surface area contributed by atoms with Crippen LogP contribution in [0.1, 0.15) is 51.7 Å². The molecule has 5 rings (SSSR count). The number of aromatic nitrogens is 1. The number of amides is 1. The molecule has 0 bridgehead atoms. The number of nitrogens with zero attached hydrogens (tertiary/aromatic N) is 2. The predicted octanol–water partition coefficient (Wildman–Crippen LogP) is 5.79. The van der Waals surface area contributed by atoms with E-state index in [4.69, 9.17) is 0 Å². The molecule has 29 heavy (non-hydrogen) atoms. The van der Waals surface area contributed by atoms with Crippen molar-refractivity contribution in [2.75, 3.05) is 0 Å². The number of aryl methyl sites for hydroxylation is 1. The molecule has 1 amide bonds. The Morgan fingerprint density at radius 3 is 2.31 bits per heavy atom. The molecule has 3 nitrogen and oxygen atoms in total. The topological polar surface area (TPSA) is 25.2 Å². The third-order valence-electron chi connectivity index (χ3n) is 6.42. The first-order valence-electron chi connectivity index (χ1n) is 10.1. The first kappa shape index (κ1) is 17.7. The van der Waals surface area contributed by atoms with Crippen LogP contribution in [0.15, 0.2) is 78.9 Å². The number of rotatable bonds is 3. The first-order chi connectivity index (χ1) is 14.1. The summed E-state index contributed by atoms with van der Waals surface area (Å²) in [5.41, 5.74) is 6.68. The lowest BCUT2D eigenvalue weighted by molar-refractivity contribution is 0.0677. The molecule has 1 aliphatic heterocycles. The van der Waals surface area contributed by atoms with E-state index in [1.807, 2.05) is 36.4 Å². The Kier molecular flexibility index (Phi) is 4.06. The Balaban J connectivity index is 1.77. The molecule has 0 aliphatic carbocycles. The van der Waals surface area contributed by atoms with Gasteiger partial charge in [0.15, 0.2) is 0 Å². The lowest BCUT2D eigenvalue weighted by Crippen LogP contribution is -2.32. The Morgan fingerprint density at radius 2 is 1.52 bits per heavy atom. The highest BCUT2D eigenvalue weighted by molar-refractivity contribution is 6.01. The number of para-hydroxylation sites is 1. The third-order valence-corrected chi connectivity index (χ3v) is 6.42. The van der Waals surface area contributed by atoms with Gasteiger partial charge < -0.3 is 9.47 Å². The fraction of sp³-hybridized carbons (Fsp3) is 0.192. The molecule has 0 unspecified atom stereocenters. The van der Waals surface area contributed by atoms with Crippen LogP contribution in [0.3, 0.4) is 0 Å². The van der Waals surface area contributed by atoms with Crippen LogP contribution in [0.4, 0.5) is 0 Å². The minimum Gasteiger partial charge on any atom is -0.348 e. The largest absolute Gasteiger partial charge is 0.348 e. The summed E-state index contributed by atoms with van der Waals surface area (Å²) in [6.07, 6.45) is 0. The molecule has 3 heteroatoms. The van der Waals surface area contributed by atoms with Gasteiger partial charge >= 0.3 is 0 Å². The molecule has 0 N–H and O–H groups in total. The lowest BCUT2D eigenvalue weighted by Gasteiger charge is -2.32. The van der Waals surface area contributed by atoms with E-state index in [2.05, 4.69) is 72.8 Å². The summed E-state index contributed by atoms with van der Waals surface area (Å²) < 4.78 is 2.24. The standard InChI is InChI=1S/C26H24N2O/c1-17(19-11-5-4-6-12-19)28-25(20-13-7-8-14-21(20)26(28)29)24-18(2)27(3)23-16-10-9-15-22(23)24/h4-17,25H,1-3H3/t17-,25-/m0/s1. The molecule has 0 saturated carbocycles. The number of fused-ring (bicyclic) bond motifs is 2. The molecule has 0 saturated heterocycles. The molecule has 0 fully saturated rings. The number of carbonyl (C=O) groups excluding carboxylic acids is 1. The molecular weight excluding hydrogens is 356 g/mol. The van der Waals surface area contributed by atoms with Gasteiger partial charge in [-0.05, 0) is 37.1 Å². The second-order valence-corrected chi connectivity index (χ2v) is 7.86. The van der Waals surface area contributed by atoms with E-state index in [1.54, 1.807) is 0 Å². The van der Waals surface area contributed by atoms with Crippen molar-refractivity contribution in [3.8, 4) is 0 Å². The van der Waals surface area contributed by atoms with Gasteiger partial charge in [-0.25, -0.2) is 0 Å². The van der Waals surface area contributed by atoms with Crippen LogP contribution in [-0.4, -0.2) is 15.4 Å². The molecule has 0 radical (unpaired) electrons. The summed E-state index contributed by atoms with van der Waals surface area (Å²) in [6, 6.07) is 26.7. The van der Waals surface area contributed by atoms with Crippen LogP contribution in [0, 0.1) is 6.92 Å². The van der Waals surface area contributed by atoms with E-state index in [9.17, 15) is 4.79 Å². The molecule has 2 heterocycles. The summed E-state index contributed by atoms with van der Waals surface area (Å²) in [5, 5.41) is 1.22. The van der Waals surface area contributed by atoms with Gasteiger partial charge in [0.2, 0.25) is 0 Å². The van der Waals surface area contributed by atoms with Crippen molar-refractivity contribution >= 4 is 16.8 Å². The molecule has 144 valence electrons. The Hall–Kier alpha value is -3.33. The maximum atomic E-state index is 13.6. The van der Waals surface area contributed by atoms with Gasteiger partial charge in [0.1, 0.15) is 0 Å².